The first-order valence-corrected chi connectivity index (χ1v) is 10.1. The van der Waals surface area contributed by atoms with Crippen molar-refractivity contribution in [2.45, 2.75) is 27.4 Å². The van der Waals surface area contributed by atoms with Gasteiger partial charge in [0.15, 0.2) is 5.78 Å². The molecule has 0 radical (unpaired) electrons. The number of aryl methyl sites for hydroxylation is 3. The first-order chi connectivity index (χ1) is 14.8. The number of fused-ring (bicyclic) bond motifs is 1. The molecular weight excluding hydrogens is 390 g/mol. The fourth-order valence-corrected chi connectivity index (χ4v) is 3.57. The molecule has 0 aliphatic heterocycles. The highest BCUT2D eigenvalue weighted by atomic mass is 16.5. The van der Waals surface area contributed by atoms with Gasteiger partial charge in [-0.1, -0.05) is 12.1 Å². The summed E-state index contributed by atoms with van der Waals surface area (Å²) in [6.45, 7) is 5.72. The molecule has 0 fully saturated rings. The number of hydrogen-bond acceptors (Lipinski definition) is 5. The maximum absolute atomic E-state index is 11.8. The molecule has 4 aromatic rings. The van der Waals surface area contributed by atoms with Crippen molar-refractivity contribution in [1.82, 2.24) is 9.55 Å². The summed E-state index contributed by atoms with van der Waals surface area (Å²) >= 11 is 0. The number of para-hydroxylation sites is 1. The Bertz CT molecular complexity index is 1270. The number of carbonyl (C=O) groups excluding carboxylic acids is 1. The molecule has 31 heavy (non-hydrogen) atoms. The van der Waals surface area contributed by atoms with Crippen LogP contribution in [-0.4, -0.2) is 15.3 Å². The van der Waals surface area contributed by atoms with Gasteiger partial charge in [0.1, 0.15) is 29.7 Å². The second-order valence-corrected chi connectivity index (χ2v) is 7.65. The number of nitrogens with two attached hydrogens (primary N) is 1. The van der Waals surface area contributed by atoms with Gasteiger partial charge in [-0.15, -0.1) is 0 Å². The number of rotatable bonds is 6. The number of carbonyl (C=O) groups is 1. The molecule has 158 valence electrons. The molecule has 0 amide bonds. The monoisotopic (exact) mass is 415 g/mol. The van der Waals surface area contributed by atoms with Crippen LogP contribution in [0.3, 0.4) is 0 Å². The van der Waals surface area contributed by atoms with E-state index in [1.807, 2.05) is 67.9 Å². The summed E-state index contributed by atoms with van der Waals surface area (Å²) in [5.41, 5.74) is 11.1. The molecule has 1 aromatic heterocycles. The third-order valence-electron chi connectivity index (χ3n) is 5.37. The third-order valence-corrected chi connectivity index (χ3v) is 5.37. The van der Waals surface area contributed by atoms with Crippen molar-refractivity contribution in [1.29, 1.82) is 0 Å². The number of imidazole rings is 1. The van der Waals surface area contributed by atoms with E-state index in [0.29, 0.717) is 17.1 Å². The molecule has 0 atom stereocenters. The molecular formula is C25H25N3O3. The molecule has 0 saturated heterocycles. The highest BCUT2D eigenvalue weighted by Crippen LogP contribution is 2.30. The van der Waals surface area contributed by atoms with E-state index in [-0.39, 0.29) is 12.4 Å². The largest absolute Gasteiger partial charge is 0.485 e. The van der Waals surface area contributed by atoms with Gasteiger partial charge in [0.25, 0.3) is 0 Å². The lowest BCUT2D eigenvalue weighted by Gasteiger charge is -2.11. The zero-order chi connectivity index (χ0) is 22.1. The highest BCUT2D eigenvalue weighted by Gasteiger charge is 2.13. The number of aromatic nitrogens is 2. The Kier molecular flexibility index (Phi) is 5.38. The van der Waals surface area contributed by atoms with Crippen LogP contribution in [0.4, 0.5) is 5.69 Å². The summed E-state index contributed by atoms with van der Waals surface area (Å²) in [4.78, 5) is 16.5. The number of nitrogens with zero attached hydrogens (tertiary/aromatic N) is 2. The number of nitrogen functional groups attached to an aromatic ring is 1. The summed E-state index contributed by atoms with van der Waals surface area (Å²) in [7, 11) is 1.94. The average molecular weight is 415 g/mol. The van der Waals surface area contributed by atoms with Gasteiger partial charge in [0.2, 0.25) is 0 Å². The quantitative estimate of drug-likeness (QED) is 0.339. The minimum Gasteiger partial charge on any atom is -0.485 e. The van der Waals surface area contributed by atoms with Gasteiger partial charge < -0.3 is 19.8 Å². The Hall–Kier alpha value is -3.80. The fourth-order valence-electron chi connectivity index (χ4n) is 3.57. The molecule has 0 spiro atoms. The predicted molar refractivity (Wildman–Crippen MR) is 122 cm³/mol. The van der Waals surface area contributed by atoms with Crippen molar-refractivity contribution in [3.05, 3.63) is 77.1 Å². The summed E-state index contributed by atoms with van der Waals surface area (Å²) in [5.74, 6) is 2.74. The minimum atomic E-state index is -0.0319. The lowest BCUT2D eigenvalue weighted by molar-refractivity contribution is 0.101. The number of ether oxygens (including phenoxy) is 2. The topological polar surface area (TPSA) is 79.4 Å². The average Bonchev–Trinajstić information content (AvgIpc) is 3.06. The maximum atomic E-state index is 11.8. The first-order valence-electron chi connectivity index (χ1n) is 10.1. The normalized spacial score (nSPS) is 11.0. The number of benzene rings is 3. The molecule has 3 aromatic carbocycles. The number of hydrogen-bond donors (Lipinski definition) is 1. The fraction of sp³-hybridized carbons (Fsp3) is 0.200. The van der Waals surface area contributed by atoms with Crippen molar-refractivity contribution in [2.75, 3.05) is 5.73 Å². The lowest BCUT2D eigenvalue weighted by atomic mass is 10.1. The minimum absolute atomic E-state index is 0.0319. The van der Waals surface area contributed by atoms with Gasteiger partial charge >= 0.3 is 0 Å². The van der Waals surface area contributed by atoms with Crippen LogP contribution in [0.1, 0.15) is 34.2 Å². The molecule has 4 rings (SSSR count). The summed E-state index contributed by atoms with van der Waals surface area (Å²) in [5, 5.41) is 0. The third kappa shape index (κ3) is 4.10. The number of Topliss-reactive ketones (excluding diaryl/α,β-unsaturated/α-hetero) is 1. The van der Waals surface area contributed by atoms with E-state index in [1.54, 1.807) is 12.1 Å². The van der Waals surface area contributed by atoms with Crippen molar-refractivity contribution >= 4 is 22.5 Å². The Balaban J connectivity index is 1.58. The predicted octanol–water partition coefficient (Wildman–Crippen LogP) is 5.35. The van der Waals surface area contributed by atoms with E-state index in [9.17, 15) is 4.79 Å². The van der Waals surface area contributed by atoms with Gasteiger partial charge in [-0.05, 0) is 68.3 Å². The number of ketones is 1. The van der Waals surface area contributed by atoms with Crippen molar-refractivity contribution in [3.63, 3.8) is 0 Å². The smallest absolute Gasteiger partial charge is 0.163 e. The molecule has 0 aliphatic rings. The second-order valence-electron chi connectivity index (χ2n) is 7.65. The molecule has 1 heterocycles. The molecule has 6 heteroatoms. The first kappa shape index (κ1) is 20.5. The van der Waals surface area contributed by atoms with Gasteiger partial charge in [0.05, 0.1) is 16.6 Å². The van der Waals surface area contributed by atoms with Crippen LogP contribution in [0, 0.1) is 13.8 Å². The van der Waals surface area contributed by atoms with E-state index < -0.39 is 0 Å². The Labute approximate surface area is 181 Å². The van der Waals surface area contributed by atoms with Crippen molar-refractivity contribution in [2.24, 2.45) is 7.05 Å². The molecule has 0 saturated carbocycles. The molecule has 0 unspecified atom stereocenters. The molecule has 2 N–H and O–H groups in total. The van der Waals surface area contributed by atoms with Crippen LogP contribution in [-0.2, 0) is 13.7 Å². The molecule has 0 aliphatic carbocycles. The standard InChI is InChI=1S/C25H25N3O3/c1-15-11-19(12-16(2)25(15)26)31-18-9-10-21-22(13-18)28(4)24(27-21)14-30-23-8-6-5-7-20(23)17(3)29/h5-13H,14,26H2,1-4H3. The van der Waals surface area contributed by atoms with Crippen LogP contribution in [0.25, 0.3) is 11.0 Å². The Morgan fingerprint density at radius 1 is 1.03 bits per heavy atom. The van der Waals surface area contributed by atoms with Gasteiger partial charge in [-0.25, -0.2) is 4.98 Å². The van der Waals surface area contributed by atoms with Gasteiger partial charge in [-0.3, -0.25) is 4.79 Å². The van der Waals surface area contributed by atoms with Crippen molar-refractivity contribution in [3.8, 4) is 17.2 Å². The summed E-state index contributed by atoms with van der Waals surface area (Å²) in [6, 6.07) is 16.9. The second kappa shape index (κ2) is 8.14. The summed E-state index contributed by atoms with van der Waals surface area (Å²) < 4.78 is 14.0. The van der Waals surface area contributed by atoms with E-state index >= 15 is 0 Å². The van der Waals surface area contributed by atoms with E-state index in [0.717, 1.165) is 39.4 Å². The van der Waals surface area contributed by atoms with E-state index in [2.05, 4.69) is 4.98 Å². The lowest BCUT2D eigenvalue weighted by Crippen LogP contribution is -2.06. The Morgan fingerprint density at radius 3 is 2.45 bits per heavy atom. The zero-order valence-corrected chi connectivity index (χ0v) is 18.1. The van der Waals surface area contributed by atoms with Crippen LogP contribution < -0.4 is 15.2 Å². The van der Waals surface area contributed by atoms with E-state index in [4.69, 9.17) is 15.2 Å². The zero-order valence-electron chi connectivity index (χ0n) is 18.1. The van der Waals surface area contributed by atoms with Gasteiger partial charge in [-0.2, -0.15) is 0 Å². The van der Waals surface area contributed by atoms with Crippen LogP contribution in [0.2, 0.25) is 0 Å². The van der Waals surface area contributed by atoms with Crippen molar-refractivity contribution < 1.29 is 14.3 Å². The number of anilines is 1. The molecule has 6 nitrogen and oxygen atoms in total. The van der Waals surface area contributed by atoms with Crippen LogP contribution in [0.5, 0.6) is 17.2 Å². The SMILES string of the molecule is CC(=O)c1ccccc1OCc1nc2ccc(Oc3cc(C)c(N)c(C)c3)cc2n1C. The molecule has 0 bridgehead atoms. The Morgan fingerprint density at radius 2 is 1.74 bits per heavy atom. The van der Waals surface area contributed by atoms with Gasteiger partial charge in [0, 0.05) is 18.8 Å². The van der Waals surface area contributed by atoms with Crippen LogP contribution in [0.15, 0.2) is 54.6 Å². The summed E-state index contributed by atoms with van der Waals surface area (Å²) in [6.07, 6.45) is 0. The van der Waals surface area contributed by atoms with E-state index in [1.165, 1.54) is 6.92 Å². The highest BCUT2D eigenvalue weighted by molar-refractivity contribution is 5.96. The van der Waals surface area contributed by atoms with Crippen LogP contribution >= 0.6 is 0 Å². The maximum Gasteiger partial charge on any atom is 0.163 e.